The lowest BCUT2D eigenvalue weighted by molar-refractivity contribution is -0.137. The molecule has 0 radical (unpaired) electrons. The van der Waals surface area contributed by atoms with Crippen molar-refractivity contribution < 1.29 is 14.5 Å². The van der Waals surface area contributed by atoms with Gasteiger partial charge in [0.15, 0.2) is 5.13 Å². The number of nitrogens with two attached hydrogens (primary N) is 1. The molecule has 2 aromatic heterocycles. The average Bonchev–Trinajstić information content (AvgIpc) is 3.12. The van der Waals surface area contributed by atoms with E-state index >= 15 is 0 Å². The third-order valence-electron chi connectivity index (χ3n) is 2.52. The number of benzene rings is 1. The van der Waals surface area contributed by atoms with Crippen LogP contribution >= 0.6 is 11.5 Å². The summed E-state index contributed by atoms with van der Waals surface area (Å²) in [6.45, 7) is 0. The van der Waals surface area contributed by atoms with Gasteiger partial charge in [-0.25, -0.2) is 4.79 Å². The monoisotopic (exact) mass is 319 g/mol. The predicted octanol–water partition coefficient (Wildman–Crippen LogP) is -0.129. The van der Waals surface area contributed by atoms with Gasteiger partial charge >= 0.3 is 5.97 Å². The van der Waals surface area contributed by atoms with Gasteiger partial charge in [0.2, 0.25) is 11.5 Å². The van der Waals surface area contributed by atoms with Gasteiger partial charge in [0.1, 0.15) is 18.1 Å². The van der Waals surface area contributed by atoms with Crippen molar-refractivity contribution in [3.8, 4) is 0 Å². The Labute approximate surface area is 127 Å². The Hall–Kier alpha value is -3.08. The van der Waals surface area contributed by atoms with E-state index in [0.717, 1.165) is 16.4 Å². The van der Waals surface area contributed by atoms with Crippen LogP contribution in [-0.4, -0.2) is 43.3 Å². The molecular formula is C11H9N7O3S. The number of oxime groups is 1. The number of para-hydroxylation sites is 1. The first-order valence-corrected chi connectivity index (χ1v) is 6.70. The van der Waals surface area contributed by atoms with Crippen LogP contribution in [0.15, 0.2) is 29.4 Å². The van der Waals surface area contributed by atoms with Crippen molar-refractivity contribution in [2.24, 2.45) is 5.16 Å². The first-order chi connectivity index (χ1) is 10.7. The molecule has 3 aromatic rings. The number of hydrogen-bond acceptors (Lipinski definition) is 10. The van der Waals surface area contributed by atoms with Crippen molar-refractivity contribution in [1.29, 1.82) is 0 Å². The third-order valence-corrected chi connectivity index (χ3v) is 3.06. The Morgan fingerprint density at radius 2 is 2.23 bits per heavy atom. The molecule has 22 heavy (non-hydrogen) atoms. The highest BCUT2D eigenvalue weighted by atomic mass is 32.1. The third kappa shape index (κ3) is 2.56. The fourth-order valence-electron chi connectivity index (χ4n) is 1.63. The SMILES string of the molecule is CON=C(C(=O)On1nnc2ccccc21)c1nsc(N)n1. The van der Waals surface area contributed by atoms with Crippen LogP contribution in [0.2, 0.25) is 0 Å². The van der Waals surface area contributed by atoms with Gasteiger partial charge in [-0.15, -0.1) is 5.10 Å². The predicted molar refractivity (Wildman–Crippen MR) is 77.0 cm³/mol. The first kappa shape index (κ1) is 13.9. The number of carbonyl (C=O) groups is 1. The zero-order valence-electron chi connectivity index (χ0n) is 11.2. The van der Waals surface area contributed by atoms with Gasteiger partial charge in [-0.3, -0.25) is 0 Å². The molecule has 0 unspecified atom stereocenters. The maximum atomic E-state index is 12.2. The number of anilines is 1. The summed E-state index contributed by atoms with van der Waals surface area (Å²) < 4.78 is 3.90. The highest BCUT2D eigenvalue weighted by molar-refractivity contribution is 7.09. The molecule has 0 amide bonds. The molecule has 2 N–H and O–H groups in total. The van der Waals surface area contributed by atoms with Gasteiger partial charge in [0.05, 0.1) is 0 Å². The fraction of sp³-hybridized carbons (Fsp3) is 0.0909. The summed E-state index contributed by atoms with van der Waals surface area (Å²) in [5.41, 5.74) is 6.37. The molecule has 11 heteroatoms. The van der Waals surface area contributed by atoms with Crippen molar-refractivity contribution >= 4 is 39.4 Å². The zero-order chi connectivity index (χ0) is 15.5. The largest absolute Gasteiger partial charge is 0.398 e. The molecule has 0 atom stereocenters. The normalized spacial score (nSPS) is 11.6. The van der Waals surface area contributed by atoms with E-state index in [2.05, 4.69) is 29.7 Å². The van der Waals surface area contributed by atoms with E-state index < -0.39 is 5.97 Å². The molecule has 10 nitrogen and oxygen atoms in total. The molecule has 2 heterocycles. The van der Waals surface area contributed by atoms with E-state index in [9.17, 15) is 4.79 Å². The zero-order valence-corrected chi connectivity index (χ0v) is 12.0. The van der Waals surface area contributed by atoms with Gasteiger partial charge < -0.3 is 15.4 Å². The molecule has 0 aliphatic carbocycles. The van der Waals surface area contributed by atoms with E-state index in [1.54, 1.807) is 24.3 Å². The molecule has 0 saturated carbocycles. The number of carbonyl (C=O) groups excluding carboxylic acids is 1. The molecule has 0 saturated heterocycles. The number of hydrogen-bond donors (Lipinski definition) is 1. The van der Waals surface area contributed by atoms with Gasteiger partial charge in [0, 0.05) is 11.5 Å². The minimum absolute atomic E-state index is 0.0128. The lowest BCUT2D eigenvalue weighted by Gasteiger charge is -2.03. The summed E-state index contributed by atoms with van der Waals surface area (Å²) in [5.74, 6) is -0.839. The van der Waals surface area contributed by atoms with Crippen molar-refractivity contribution in [2.45, 2.75) is 0 Å². The number of nitrogen functional groups attached to an aromatic ring is 1. The second-order valence-electron chi connectivity index (χ2n) is 3.91. The summed E-state index contributed by atoms with van der Waals surface area (Å²) >= 11 is 0.924. The quantitative estimate of drug-likeness (QED) is 0.400. The summed E-state index contributed by atoms with van der Waals surface area (Å²) in [4.78, 5) is 26.8. The molecule has 3 rings (SSSR count). The Bertz CT molecular complexity index is 856. The minimum atomic E-state index is -0.852. The highest BCUT2D eigenvalue weighted by Crippen LogP contribution is 2.10. The Balaban J connectivity index is 1.90. The standard InChI is InChI=1S/C11H9N7O3S/c1-20-15-8(9-13-11(12)22-16-9)10(19)21-18-7-5-3-2-4-6(7)14-17-18/h2-5H,1H3,(H2,12,13,16). The van der Waals surface area contributed by atoms with Crippen LogP contribution in [0.25, 0.3) is 11.0 Å². The summed E-state index contributed by atoms with van der Waals surface area (Å²) in [6.07, 6.45) is 0. The van der Waals surface area contributed by atoms with E-state index in [1.165, 1.54) is 7.11 Å². The first-order valence-electron chi connectivity index (χ1n) is 5.93. The molecular weight excluding hydrogens is 310 g/mol. The summed E-state index contributed by atoms with van der Waals surface area (Å²) in [7, 11) is 1.29. The topological polar surface area (TPSA) is 130 Å². The number of fused-ring (bicyclic) bond motifs is 1. The van der Waals surface area contributed by atoms with E-state index in [0.29, 0.717) is 11.0 Å². The highest BCUT2D eigenvalue weighted by Gasteiger charge is 2.24. The van der Waals surface area contributed by atoms with E-state index in [1.807, 2.05) is 0 Å². The van der Waals surface area contributed by atoms with Crippen LogP contribution in [0.3, 0.4) is 0 Å². The second-order valence-corrected chi connectivity index (χ2v) is 4.69. The molecule has 1 aromatic carbocycles. The van der Waals surface area contributed by atoms with E-state index in [-0.39, 0.29) is 16.7 Å². The van der Waals surface area contributed by atoms with Crippen molar-refractivity contribution in [1.82, 2.24) is 24.5 Å². The van der Waals surface area contributed by atoms with Crippen LogP contribution in [0.4, 0.5) is 5.13 Å². The Morgan fingerprint density at radius 3 is 2.95 bits per heavy atom. The average molecular weight is 319 g/mol. The summed E-state index contributed by atoms with van der Waals surface area (Å²) in [6, 6.07) is 7.00. The van der Waals surface area contributed by atoms with Crippen molar-refractivity contribution in [3.05, 3.63) is 30.1 Å². The minimum Gasteiger partial charge on any atom is -0.398 e. The van der Waals surface area contributed by atoms with Crippen LogP contribution in [0.5, 0.6) is 0 Å². The van der Waals surface area contributed by atoms with E-state index in [4.69, 9.17) is 10.6 Å². The van der Waals surface area contributed by atoms with Crippen LogP contribution in [-0.2, 0) is 9.63 Å². The molecule has 0 aliphatic rings. The maximum absolute atomic E-state index is 12.2. The van der Waals surface area contributed by atoms with Gasteiger partial charge in [0.25, 0.3) is 0 Å². The van der Waals surface area contributed by atoms with Crippen molar-refractivity contribution in [3.63, 3.8) is 0 Å². The molecule has 0 spiro atoms. The van der Waals surface area contributed by atoms with Crippen LogP contribution in [0.1, 0.15) is 5.82 Å². The smallest absolute Gasteiger partial charge is 0.391 e. The number of rotatable bonds is 4. The molecule has 0 fully saturated rings. The molecule has 0 bridgehead atoms. The fourth-order valence-corrected chi connectivity index (χ4v) is 2.06. The second kappa shape index (κ2) is 5.73. The Morgan fingerprint density at radius 1 is 1.41 bits per heavy atom. The molecule has 112 valence electrons. The van der Waals surface area contributed by atoms with Gasteiger partial charge in [-0.1, -0.05) is 22.1 Å². The van der Waals surface area contributed by atoms with Gasteiger partial charge in [-0.05, 0) is 17.3 Å². The Kier molecular flexibility index (Phi) is 3.62. The lowest BCUT2D eigenvalue weighted by Crippen LogP contribution is -2.30. The van der Waals surface area contributed by atoms with Gasteiger partial charge in [-0.2, -0.15) is 9.36 Å². The number of nitrogens with zero attached hydrogens (tertiary/aromatic N) is 6. The lowest BCUT2D eigenvalue weighted by atomic mass is 10.3. The maximum Gasteiger partial charge on any atom is 0.391 e. The molecule has 0 aliphatic heterocycles. The van der Waals surface area contributed by atoms with Crippen molar-refractivity contribution in [2.75, 3.05) is 12.8 Å². The number of aromatic nitrogens is 5. The van der Waals surface area contributed by atoms with Crippen LogP contribution < -0.4 is 10.6 Å². The van der Waals surface area contributed by atoms with Crippen LogP contribution in [0, 0.1) is 0 Å². The summed E-state index contributed by atoms with van der Waals surface area (Å²) in [5, 5.41) is 11.4.